The van der Waals surface area contributed by atoms with Gasteiger partial charge in [0.05, 0.1) is 29.8 Å². The summed E-state index contributed by atoms with van der Waals surface area (Å²) in [6, 6.07) is -0.208. The van der Waals surface area contributed by atoms with Gasteiger partial charge in [0.2, 0.25) is 0 Å². The molecule has 0 spiro atoms. The van der Waals surface area contributed by atoms with Crippen molar-refractivity contribution >= 4 is 21.4 Å². The molecule has 1 aromatic heterocycles. The molecule has 5 nitrogen and oxygen atoms in total. The van der Waals surface area contributed by atoms with Crippen LogP contribution in [0.2, 0.25) is 5.15 Å². The molecule has 0 saturated carbocycles. The summed E-state index contributed by atoms with van der Waals surface area (Å²) in [5.41, 5.74) is 1.35. The fraction of sp³-hybridized carbons (Fsp3) is 0.727. The lowest BCUT2D eigenvalue weighted by Gasteiger charge is -2.09. The van der Waals surface area contributed by atoms with Gasteiger partial charge < -0.3 is 5.11 Å². The molecule has 1 aliphatic rings. The molecule has 0 amide bonds. The monoisotopic (exact) mass is 292 g/mol. The van der Waals surface area contributed by atoms with Gasteiger partial charge in [0.25, 0.3) is 0 Å². The molecule has 1 N–H and O–H groups in total. The van der Waals surface area contributed by atoms with E-state index in [0.717, 1.165) is 5.69 Å². The van der Waals surface area contributed by atoms with Gasteiger partial charge in [-0.3, -0.25) is 0 Å². The number of aromatic nitrogens is 2. The van der Waals surface area contributed by atoms with E-state index in [-0.39, 0.29) is 30.1 Å². The van der Waals surface area contributed by atoms with Crippen LogP contribution < -0.4 is 0 Å². The van der Waals surface area contributed by atoms with Crippen molar-refractivity contribution in [3.8, 4) is 0 Å². The largest absolute Gasteiger partial charge is 0.391 e. The van der Waals surface area contributed by atoms with Crippen molar-refractivity contribution in [3.63, 3.8) is 0 Å². The van der Waals surface area contributed by atoms with E-state index in [2.05, 4.69) is 5.10 Å². The molecule has 2 heterocycles. The third-order valence-corrected chi connectivity index (χ3v) is 5.39. The summed E-state index contributed by atoms with van der Waals surface area (Å²) < 4.78 is 24.5. The first kappa shape index (κ1) is 13.8. The highest BCUT2D eigenvalue weighted by Crippen LogP contribution is 2.32. The molecule has 1 unspecified atom stereocenters. The molecular formula is C11H17ClN2O3S. The highest BCUT2D eigenvalue weighted by molar-refractivity contribution is 7.91. The Morgan fingerprint density at radius 2 is 2.22 bits per heavy atom. The molecule has 0 aliphatic carbocycles. The van der Waals surface area contributed by atoms with Gasteiger partial charge in [-0.1, -0.05) is 25.4 Å². The van der Waals surface area contributed by atoms with Gasteiger partial charge in [-0.15, -0.1) is 0 Å². The maximum atomic E-state index is 11.5. The van der Waals surface area contributed by atoms with E-state index in [9.17, 15) is 13.5 Å². The molecule has 1 atom stereocenters. The van der Waals surface area contributed by atoms with Crippen molar-refractivity contribution < 1.29 is 13.5 Å². The van der Waals surface area contributed by atoms with Crippen LogP contribution in [0.15, 0.2) is 0 Å². The predicted molar refractivity (Wildman–Crippen MR) is 69.6 cm³/mol. The lowest BCUT2D eigenvalue weighted by Crippen LogP contribution is -2.13. The Labute approximate surface area is 112 Å². The highest BCUT2D eigenvalue weighted by Gasteiger charge is 2.32. The van der Waals surface area contributed by atoms with E-state index in [1.807, 2.05) is 13.8 Å². The lowest BCUT2D eigenvalue weighted by atomic mass is 10.1. The van der Waals surface area contributed by atoms with Crippen LogP contribution in [0.25, 0.3) is 0 Å². The molecule has 1 aliphatic heterocycles. The van der Waals surface area contributed by atoms with Crippen LogP contribution in [0.4, 0.5) is 0 Å². The average molecular weight is 293 g/mol. The number of sulfone groups is 1. The van der Waals surface area contributed by atoms with Gasteiger partial charge in [0.1, 0.15) is 5.15 Å². The SMILES string of the molecule is CC(C)c1nn(C2CCS(=O)(=O)C2)c(Cl)c1CO. The summed E-state index contributed by atoms with van der Waals surface area (Å²) in [5, 5.41) is 14.1. The van der Waals surface area contributed by atoms with Gasteiger partial charge in [-0.05, 0) is 12.3 Å². The van der Waals surface area contributed by atoms with E-state index >= 15 is 0 Å². The Morgan fingerprint density at radius 3 is 2.61 bits per heavy atom. The fourth-order valence-electron chi connectivity index (χ4n) is 2.28. The first-order chi connectivity index (χ1) is 8.35. The zero-order valence-corrected chi connectivity index (χ0v) is 12.0. The summed E-state index contributed by atoms with van der Waals surface area (Å²) in [4.78, 5) is 0. The van der Waals surface area contributed by atoms with Crippen molar-refractivity contribution in [3.05, 3.63) is 16.4 Å². The van der Waals surface area contributed by atoms with Crippen LogP contribution in [0, 0.1) is 0 Å². The van der Waals surface area contributed by atoms with Crippen molar-refractivity contribution in [1.82, 2.24) is 9.78 Å². The van der Waals surface area contributed by atoms with E-state index in [1.165, 1.54) is 0 Å². The number of nitrogens with zero attached hydrogens (tertiary/aromatic N) is 2. The van der Waals surface area contributed by atoms with Crippen molar-refractivity contribution in [2.24, 2.45) is 0 Å². The summed E-state index contributed by atoms with van der Waals surface area (Å²) in [6.07, 6.45) is 0.534. The highest BCUT2D eigenvalue weighted by atomic mass is 35.5. The molecule has 0 bridgehead atoms. The van der Waals surface area contributed by atoms with Gasteiger partial charge in [0, 0.05) is 5.56 Å². The van der Waals surface area contributed by atoms with Gasteiger partial charge in [-0.2, -0.15) is 5.10 Å². The van der Waals surface area contributed by atoms with Gasteiger partial charge in [-0.25, -0.2) is 13.1 Å². The third kappa shape index (κ3) is 2.41. The number of rotatable bonds is 3. The minimum Gasteiger partial charge on any atom is -0.391 e. The van der Waals surface area contributed by atoms with E-state index in [0.29, 0.717) is 17.1 Å². The van der Waals surface area contributed by atoms with Crippen LogP contribution >= 0.6 is 11.6 Å². The number of halogens is 1. The second-order valence-corrected chi connectivity index (χ2v) is 7.56. The summed E-state index contributed by atoms with van der Waals surface area (Å²) >= 11 is 6.19. The van der Waals surface area contributed by atoms with Crippen LogP contribution in [-0.2, 0) is 16.4 Å². The molecule has 2 rings (SSSR count). The second kappa shape index (κ2) is 4.83. The zero-order valence-electron chi connectivity index (χ0n) is 10.4. The molecule has 0 radical (unpaired) electrons. The first-order valence-electron chi connectivity index (χ1n) is 5.93. The second-order valence-electron chi connectivity index (χ2n) is 4.97. The molecule has 18 heavy (non-hydrogen) atoms. The summed E-state index contributed by atoms with van der Waals surface area (Å²) in [5.74, 6) is 0.403. The number of aliphatic hydroxyl groups is 1. The normalized spacial score (nSPS) is 22.8. The summed E-state index contributed by atoms with van der Waals surface area (Å²) in [6.45, 7) is 3.76. The Hall–Kier alpha value is -0.590. The maximum Gasteiger partial charge on any atom is 0.152 e. The van der Waals surface area contributed by atoms with Crippen molar-refractivity contribution in [2.45, 2.75) is 38.8 Å². The molecule has 102 valence electrons. The quantitative estimate of drug-likeness (QED) is 0.916. The van der Waals surface area contributed by atoms with E-state index in [1.54, 1.807) is 4.68 Å². The Morgan fingerprint density at radius 1 is 1.56 bits per heavy atom. The van der Waals surface area contributed by atoms with Crippen LogP contribution in [-0.4, -0.2) is 34.8 Å². The van der Waals surface area contributed by atoms with Gasteiger partial charge in [0.15, 0.2) is 9.84 Å². The minimum atomic E-state index is -2.97. The average Bonchev–Trinajstić information content (AvgIpc) is 2.78. The fourth-order valence-corrected chi connectivity index (χ4v) is 4.31. The third-order valence-electron chi connectivity index (χ3n) is 3.23. The lowest BCUT2D eigenvalue weighted by molar-refractivity contribution is 0.280. The van der Waals surface area contributed by atoms with E-state index in [4.69, 9.17) is 11.6 Å². The topological polar surface area (TPSA) is 72.2 Å². The number of aliphatic hydroxyl groups excluding tert-OH is 1. The first-order valence-corrected chi connectivity index (χ1v) is 8.13. The molecule has 7 heteroatoms. The molecule has 1 aromatic rings. The van der Waals surface area contributed by atoms with Crippen LogP contribution in [0.5, 0.6) is 0 Å². The van der Waals surface area contributed by atoms with Crippen LogP contribution in [0.1, 0.15) is 43.5 Å². The predicted octanol–water partition coefficient (Wildman–Crippen LogP) is 1.51. The maximum absolute atomic E-state index is 11.5. The molecule has 1 fully saturated rings. The number of hydrogen-bond acceptors (Lipinski definition) is 4. The Kier molecular flexibility index (Phi) is 3.71. The summed E-state index contributed by atoms with van der Waals surface area (Å²) in [7, 11) is -2.97. The van der Waals surface area contributed by atoms with Crippen molar-refractivity contribution in [1.29, 1.82) is 0 Å². The van der Waals surface area contributed by atoms with E-state index < -0.39 is 9.84 Å². The standard InChI is InChI=1S/C11H17ClN2O3S/c1-7(2)10-9(5-15)11(12)14(13-10)8-3-4-18(16,17)6-8/h7-8,15H,3-6H2,1-2H3. The molecule has 0 aromatic carbocycles. The van der Waals surface area contributed by atoms with Gasteiger partial charge >= 0.3 is 0 Å². The Bertz CT molecular complexity index is 551. The zero-order chi connectivity index (χ0) is 13.5. The number of hydrogen-bond donors (Lipinski definition) is 1. The van der Waals surface area contributed by atoms with Crippen molar-refractivity contribution in [2.75, 3.05) is 11.5 Å². The minimum absolute atomic E-state index is 0.0802. The molecular weight excluding hydrogens is 276 g/mol. The Balaban J connectivity index is 2.41. The smallest absolute Gasteiger partial charge is 0.152 e. The van der Waals surface area contributed by atoms with Crippen LogP contribution in [0.3, 0.4) is 0 Å². The molecule has 1 saturated heterocycles.